The van der Waals surface area contributed by atoms with Crippen molar-refractivity contribution in [3.63, 3.8) is 0 Å². The number of ketones is 1. The van der Waals surface area contributed by atoms with Gasteiger partial charge in [0.2, 0.25) is 5.91 Å². The van der Waals surface area contributed by atoms with Crippen molar-refractivity contribution in [1.82, 2.24) is 0 Å². The molecule has 0 radical (unpaired) electrons. The predicted molar refractivity (Wildman–Crippen MR) is 203 cm³/mol. The summed E-state index contributed by atoms with van der Waals surface area (Å²) in [5.41, 5.74) is 11.0. The lowest BCUT2D eigenvalue weighted by molar-refractivity contribution is -0.134. The number of primary amides is 1. The van der Waals surface area contributed by atoms with E-state index in [1.54, 1.807) is 0 Å². The topological polar surface area (TPSA) is 86.2 Å². The van der Waals surface area contributed by atoms with Gasteiger partial charge in [0.25, 0.3) is 0 Å². The highest BCUT2D eigenvalue weighted by Crippen LogP contribution is 2.28. The minimum atomic E-state index is -1.21. The smallest absolute Gasteiger partial charge is 0.238 e. The number of hydrogen-bond acceptors (Lipinski definition) is 3. The summed E-state index contributed by atoms with van der Waals surface area (Å²) in [6.07, 6.45) is 45.1. The van der Waals surface area contributed by atoms with Crippen LogP contribution in [0.4, 0.5) is 0 Å². The maximum absolute atomic E-state index is 13.3. The van der Waals surface area contributed by atoms with Crippen molar-refractivity contribution in [2.24, 2.45) is 17.4 Å². The molecule has 0 saturated heterocycles. The molecule has 46 heavy (non-hydrogen) atoms. The van der Waals surface area contributed by atoms with Gasteiger partial charge in [-0.15, -0.1) is 0 Å². The summed E-state index contributed by atoms with van der Waals surface area (Å²) in [7, 11) is 0. The first-order chi connectivity index (χ1) is 22.4. The summed E-state index contributed by atoms with van der Waals surface area (Å²) in [4.78, 5) is 25.6. The molecule has 4 heteroatoms. The first-order valence-electron chi connectivity index (χ1n) is 20.7. The van der Waals surface area contributed by atoms with Crippen molar-refractivity contribution in [1.29, 1.82) is 0 Å². The largest absolute Gasteiger partial charge is 0.368 e. The Bertz CT molecular complexity index is 706. The molecular formula is C42H82N2O2. The zero-order valence-electron chi connectivity index (χ0n) is 31.5. The fourth-order valence-corrected chi connectivity index (χ4v) is 6.92. The maximum atomic E-state index is 13.3. The van der Waals surface area contributed by atoms with Crippen LogP contribution in [0.25, 0.3) is 0 Å². The van der Waals surface area contributed by atoms with Gasteiger partial charge in [-0.3, -0.25) is 9.59 Å². The lowest BCUT2D eigenvalue weighted by Crippen LogP contribution is -2.59. The van der Waals surface area contributed by atoms with Crippen molar-refractivity contribution in [2.75, 3.05) is 0 Å². The Hall–Kier alpha value is -1.16. The van der Waals surface area contributed by atoms with Gasteiger partial charge in [-0.05, 0) is 44.9 Å². The molecule has 0 bridgehead atoms. The first kappa shape index (κ1) is 44.8. The monoisotopic (exact) mass is 647 g/mol. The molecule has 4 N–H and O–H groups in total. The average molecular weight is 647 g/mol. The minimum Gasteiger partial charge on any atom is -0.368 e. The van der Waals surface area contributed by atoms with Crippen LogP contribution >= 0.6 is 0 Å². The number of unbranched alkanes of at least 4 members (excludes halogenated alkanes) is 27. The van der Waals surface area contributed by atoms with Crippen molar-refractivity contribution < 1.29 is 9.59 Å². The molecular weight excluding hydrogens is 564 g/mol. The van der Waals surface area contributed by atoms with Crippen molar-refractivity contribution >= 4 is 11.7 Å². The van der Waals surface area contributed by atoms with Crippen LogP contribution in [0.3, 0.4) is 0 Å². The molecule has 0 saturated carbocycles. The van der Waals surface area contributed by atoms with Crippen LogP contribution < -0.4 is 11.5 Å². The number of carbonyl (C=O) groups is 2. The van der Waals surface area contributed by atoms with E-state index in [1.165, 1.54) is 167 Å². The molecule has 0 aliphatic heterocycles. The third-order valence-corrected chi connectivity index (χ3v) is 10.3. The second-order valence-electron chi connectivity index (χ2n) is 14.6. The van der Waals surface area contributed by atoms with Crippen molar-refractivity contribution in [2.45, 2.75) is 238 Å². The Kier molecular flexibility index (Phi) is 32.9. The lowest BCUT2D eigenvalue weighted by Gasteiger charge is -2.33. The normalized spacial score (nSPS) is 13.7. The molecule has 4 nitrogen and oxygen atoms in total. The highest BCUT2D eigenvalue weighted by Gasteiger charge is 2.42. The summed E-state index contributed by atoms with van der Waals surface area (Å²) in [6.45, 7) is 6.44. The van der Waals surface area contributed by atoms with Gasteiger partial charge in [0.1, 0.15) is 11.3 Å². The van der Waals surface area contributed by atoms with Gasteiger partial charge in [-0.2, -0.15) is 0 Å². The molecule has 272 valence electrons. The Morgan fingerprint density at radius 1 is 0.500 bits per heavy atom. The van der Waals surface area contributed by atoms with E-state index in [2.05, 4.69) is 26.0 Å². The summed E-state index contributed by atoms with van der Waals surface area (Å²) in [5.74, 6) is -0.807. The number of nitrogens with two attached hydrogens (primary N) is 2. The van der Waals surface area contributed by atoms with Crippen LogP contribution in [-0.4, -0.2) is 17.2 Å². The van der Waals surface area contributed by atoms with Gasteiger partial charge in [0.15, 0.2) is 0 Å². The standard InChI is InChI=1S/C42H82N2O2/c1-4-7-9-11-13-15-17-19-21-22-24-25-27-29-31-33-35-37-39(42(44,6-3)41(43)46)40(45)38-36-34-32-30-28-26-23-20-18-16-14-12-10-8-5-2/h19,21,39H,4-18,20,22-38,44H2,1-3H3,(H2,43,46)/b21-19-. The predicted octanol–water partition coefficient (Wildman–Crippen LogP) is 12.8. The molecule has 0 heterocycles. The highest BCUT2D eigenvalue weighted by atomic mass is 16.2. The first-order valence-corrected chi connectivity index (χ1v) is 20.7. The molecule has 2 atom stereocenters. The highest BCUT2D eigenvalue weighted by molar-refractivity contribution is 5.93. The molecule has 0 aliphatic rings. The zero-order valence-corrected chi connectivity index (χ0v) is 31.5. The van der Waals surface area contributed by atoms with E-state index in [4.69, 9.17) is 11.5 Å². The Labute approximate surface area is 288 Å². The van der Waals surface area contributed by atoms with E-state index < -0.39 is 17.4 Å². The average Bonchev–Trinajstić information content (AvgIpc) is 3.05. The van der Waals surface area contributed by atoms with Gasteiger partial charge in [0.05, 0.1) is 0 Å². The van der Waals surface area contributed by atoms with Crippen LogP contribution in [0.2, 0.25) is 0 Å². The van der Waals surface area contributed by atoms with Crippen LogP contribution in [0.15, 0.2) is 12.2 Å². The Balaban J connectivity index is 4.01. The molecule has 1 amide bonds. The molecule has 0 rings (SSSR count). The fourth-order valence-electron chi connectivity index (χ4n) is 6.92. The number of hydrogen-bond donors (Lipinski definition) is 2. The van der Waals surface area contributed by atoms with Crippen LogP contribution in [0.1, 0.15) is 233 Å². The Morgan fingerprint density at radius 3 is 1.17 bits per heavy atom. The van der Waals surface area contributed by atoms with Crippen LogP contribution in [0.5, 0.6) is 0 Å². The van der Waals surface area contributed by atoms with Gasteiger partial charge in [0, 0.05) is 12.3 Å². The number of amides is 1. The molecule has 2 unspecified atom stereocenters. The second kappa shape index (κ2) is 33.7. The van der Waals surface area contributed by atoms with Crippen LogP contribution in [0, 0.1) is 5.92 Å². The fraction of sp³-hybridized carbons (Fsp3) is 0.905. The summed E-state index contributed by atoms with van der Waals surface area (Å²) >= 11 is 0. The number of rotatable bonds is 37. The molecule has 0 fully saturated rings. The lowest BCUT2D eigenvalue weighted by atomic mass is 9.75. The van der Waals surface area contributed by atoms with Crippen molar-refractivity contribution in [3.8, 4) is 0 Å². The van der Waals surface area contributed by atoms with E-state index in [9.17, 15) is 9.59 Å². The molecule has 0 aromatic carbocycles. The zero-order chi connectivity index (χ0) is 34.0. The molecule has 0 aliphatic carbocycles. The Morgan fingerprint density at radius 2 is 0.826 bits per heavy atom. The van der Waals surface area contributed by atoms with E-state index >= 15 is 0 Å². The number of carbonyl (C=O) groups excluding carboxylic acids is 2. The van der Waals surface area contributed by atoms with E-state index in [0.29, 0.717) is 19.3 Å². The SMILES string of the molecule is CCCCCCCC/C=C\CCCCCCCCCC(C(=O)CCCCCCCCCCCCCCCCC)C(N)(CC)C(N)=O. The van der Waals surface area contributed by atoms with Crippen molar-refractivity contribution in [3.05, 3.63) is 12.2 Å². The van der Waals surface area contributed by atoms with Gasteiger partial charge >= 0.3 is 0 Å². The van der Waals surface area contributed by atoms with Gasteiger partial charge in [-0.25, -0.2) is 0 Å². The maximum Gasteiger partial charge on any atom is 0.238 e. The quantitative estimate of drug-likeness (QED) is 0.0520. The van der Waals surface area contributed by atoms with Gasteiger partial charge in [-0.1, -0.05) is 193 Å². The molecule has 0 aromatic heterocycles. The number of Topliss-reactive ketones (excluding diaryl/α,β-unsaturated/α-hetero) is 1. The number of allylic oxidation sites excluding steroid dienone is 2. The summed E-state index contributed by atoms with van der Waals surface area (Å²) in [6, 6.07) is 0. The van der Waals surface area contributed by atoms with E-state index in [0.717, 1.165) is 25.7 Å². The third kappa shape index (κ3) is 25.9. The second-order valence-corrected chi connectivity index (χ2v) is 14.6. The van der Waals surface area contributed by atoms with Gasteiger partial charge < -0.3 is 11.5 Å². The summed E-state index contributed by atoms with van der Waals surface area (Å²) in [5, 5.41) is 0. The molecule has 0 spiro atoms. The summed E-state index contributed by atoms with van der Waals surface area (Å²) < 4.78 is 0. The van der Waals surface area contributed by atoms with E-state index in [1.807, 2.05) is 6.92 Å². The third-order valence-electron chi connectivity index (χ3n) is 10.3. The minimum absolute atomic E-state index is 0.155. The van der Waals surface area contributed by atoms with E-state index in [-0.39, 0.29) is 5.78 Å². The van der Waals surface area contributed by atoms with Crippen LogP contribution in [-0.2, 0) is 9.59 Å². The molecule has 0 aromatic rings.